The molecule has 2 aromatic carbocycles. The Bertz CT molecular complexity index is 1160. The molecule has 2 heterocycles. The van der Waals surface area contributed by atoms with E-state index in [0.29, 0.717) is 29.6 Å². The van der Waals surface area contributed by atoms with E-state index < -0.39 is 0 Å². The summed E-state index contributed by atoms with van der Waals surface area (Å²) in [6.45, 7) is 0. The van der Waals surface area contributed by atoms with Crippen LogP contribution in [-0.2, 0) is 17.0 Å². The van der Waals surface area contributed by atoms with E-state index in [9.17, 15) is 13.6 Å². The summed E-state index contributed by atoms with van der Waals surface area (Å²) < 4.78 is 32.0. The maximum Gasteiger partial charge on any atom is 0.227 e. The van der Waals surface area contributed by atoms with Gasteiger partial charge in [-0.1, -0.05) is 16.9 Å². The van der Waals surface area contributed by atoms with Gasteiger partial charge in [0.05, 0.1) is 11.4 Å². The van der Waals surface area contributed by atoms with Crippen LogP contribution in [0.1, 0.15) is 18.1 Å². The summed E-state index contributed by atoms with van der Waals surface area (Å²) in [6, 6.07) is 11.7. The first-order chi connectivity index (χ1) is 15.0. The highest BCUT2D eigenvalue weighted by Crippen LogP contribution is 2.30. The highest BCUT2D eigenvalue weighted by atomic mass is 32.2. The van der Waals surface area contributed by atoms with Crippen LogP contribution in [0.5, 0.6) is 0 Å². The van der Waals surface area contributed by atoms with E-state index in [0.717, 1.165) is 15.6 Å². The van der Waals surface area contributed by atoms with Gasteiger partial charge in [0.15, 0.2) is 10.2 Å². The fraction of sp³-hybridized carbons (Fsp3) is 0.143. The average Bonchev–Trinajstić information content (AvgIpc) is 3.42. The highest BCUT2D eigenvalue weighted by Gasteiger charge is 2.12. The third-order valence-electron chi connectivity index (χ3n) is 4.15. The molecule has 31 heavy (non-hydrogen) atoms. The summed E-state index contributed by atoms with van der Waals surface area (Å²) in [5.41, 5.74) is 2.16. The molecular weight excluding hydrogens is 442 g/mol. The van der Waals surface area contributed by atoms with Crippen LogP contribution in [0.25, 0.3) is 11.3 Å². The smallest absolute Gasteiger partial charge is 0.227 e. The number of aryl methyl sites for hydroxylation is 1. The van der Waals surface area contributed by atoms with Gasteiger partial charge in [-0.2, -0.15) is 4.98 Å². The molecule has 6 nitrogen and oxygen atoms in total. The second-order valence-corrected chi connectivity index (χ2v) is 8.53. The van der Waals surface area contributed by atoms with Crippen LogP contribution in [0.4, 0.5) is 14.5 Å². The van der Waals surface area contributed by atoms with Gasteiger partial charge in [-0.3, -0.25) is 4.79 Å². The molecule has 0 unspecified atom stereocenters. The van der Waals surface area contributed by atoms with Crippen LogP contribution in [-0.4, -0.2) is 21.0 Å². The molecule has 0 radical (unpaired) electrons. The number of carbonyl (C=O) groups is 1. The molecule has 1 amide bonds. The van der Waals surface area contributed by atoms with Gasteiger partial charge in [0, 0.05) is 29.5 Å². The molecule has 2 aromatic heterocycles. The molecule has 10 heteroatoms. The minimum absolute atomic E-state index is 0.166. The molecule has 0 aliphatic carbocycles. The lowest BCUT2D eigenvalue weighted by molar-refractivity contribution is -0.116. The molecule has 0 saturated carbocycles. The van der Waals surface area contributed by atoms with E-state index in [2.05, 4.69) is 20.4 Å². The van der Waals surface area contributed by atoms with E-state index in [1.807, 2.05) is 5.38 Å². The van der Waals surface area contributed by atoms with Crippen LogP contribution in [0.2, 0.25) is 0 Å². The number of anilines is 1. The van der Waals surface area contributed by atoms with Crippen molar-refractivity contribution in [1.82, 2.24) is 15.1 Å². The van der Waals surface area contributed by atoms with Crippen molar-refractivity contribution in [2.45, 2.75) is 22.9 Å². The first-order valence-electron chi connectivity index (χ1n) is 9.26. The van der Waals surface area contributed by atoms with Crippen molar-refractivity contribution in [3.05, 3.63) is 77.3 Å². The molecule has 0 atom stereocenters. The van der Waals surface area contributed by atoms with E-state index in [4.69, 9.17) is 4.52 Å². The number of nitrogens with one attached hydrogen (secondary N) is 1. The molecule has 1 N–H and O–H groups in total. The summed E-state index contributed by atoms with van der Waals surface area (Å²) in [4.78, 5) is 20.8. The zero-order chi connectivity index (χ0) is 21.6. The Morgan fingerprint density at radius 3 is 2.48 bits per heavy atom. The Morgan fingerprint density at radius 1 is 1.03 bits per heavy atom. The number of hydrogen-bond acceptors (Lipinski definition) is 7. The Morgan fingerprint density at radius 2 is 1.74 bits per heavy atom. The normalized spacial score (nSPS) is 10.9. The van der Waals surface area contributed by atoms with E-state index in [1.165, 1.54) is 59.5 Å². The first kappa shape index (κ1) is 21.1. The predicted molar refractivity (Wildman–Crippen MR) is 115 cm³/mol. The van der Waals surface area contributed by atoms with Crippen molar-refractivity contribution in [3.63, 3.8) is 0 Å². The fourth-order valence-corrected chi connectivity index (χ4v) is 4.31. The monoisotopic (exact) mass is 458 g/mol. The number of benzene rings is 2. The van der Waals surface area contributed by atoms with Gasteiger partial charge in [0.25, 0.3) is 0 Å². The standard InChI is InChI=1S/C21H16F2N4O2S2/c22-14-3-1-13(2-4-14)17-11-30-21(25-17)31-12-18-26-20(29-27-18)10-9-19(28)24-16-7-5-15(23)6-8-16/h1-8,11H,9-10,12H2,(H,24,28). The number of thiazole rings is 1. The lowest BCUT2D eigenvalue weighted by Gasteiger charge is -2.03. The quantitative estimate of drug-likeness (QED) is 0.359. The molecule has 0 aliphatic rings. The molecule has 0 fully saturated rings. The van der Waals surface area contributed by atoms with Crippen LogP contribution >= 0.6 is 23.1 Å². The van der Waals surface area contributed by atoms with Crippen molar-refractivity contribution >= 4 is 34.7 Å². The van der Waals surface area contributed by atoms with Crippen molar-refractivity contribution in [3.8, 4) is 11.3 Å². The molecular formula is C21H16F2N4O2S2. The summed E-state index contributed by atoms with van der Waals surface area (Å²) in [5, 5.41) is 8.53. The summed E-state index contributed by atoms with van der Waals surface area (Å²) in [6.07, 6.45) is 0.469. The topological polar surface area (TPSA) is 80.9 Å². The number of carbonyl (C=O) groups excluding carboxylic acids is 1. The van der Waals surface area contributed by atoms with E-state index in [1.54, 1.807) is 12.1 Å². The maximum atomic E-state index is 13.0. The Labute approximate surface area is 184 Å². The molecule has 4 rings (SSSR count). The number of nitrogens with zero attached hydrogens (tertiary/aromatic N) is 3. The van der Waals surface area contributed by atoms with Crippen molar-refractivity contribution < 1.29 is 18.1 Å². The Hall–Kier alpha value is -3.11. The number of hydrogen-bond donors (Lipinski definition) is 1. The molecule has 0 spiro atoms. The molecule has 0 saturated heterocycles. The van der Waals surface area contributed by atoms with Crippen LogP contribution in [0.3, 0.4) is 0 Å². The van der Waals surface area contributed by atoms with Gasteiger partial charge >= 0.3 is 0 Å². The zero-order valence-corrected chi connectivity index (χ0v) is 17.7. The minimum atomic E-state index is -0.362. The van der Waals surface area contributed by atoms with Crippen molar-refractivity contribution in [2.75, 3.05) is 5.32 Å². The van der Waals surface area contributed by atoms with E-state index in [-0.39, 0.29) is 24.0 Å². The summed E-state index contributed by atoms with van der Waals surface area (Å²) >= 11 is 2.96. The Kier molecular flexibility index (Phi) is 6.68. The molecule has 0 bridgehead atoms. The van der Waals surface area contributed by atoms with Crippen molar-refractivity contribution in [2.24, 2.45) is 0 Å². The lowest BCUT2D eigenvalue weighted by Crippen LogP contribution is -2.12. The second-order valence-electron chi connectivity index (χ2n) is 6.45. The highest BCUT2D eigenvalue weighted by molar-refractivity contribution is 8.00. The van der Waals surface area contributed by atoms with Gasteiger partial charge in [-0.05, 0) is 48.5 Å². The number of halogens is 2. The largest absolute Gasteiger partial charge is 0.339 e. The van der Waals surface area contributed by atoms with Crippen LogP contribution < -0.4 is 5.32 Å². The lowest BCUT2D eigenvalue weighted by atomic mass is 10.2. The SMILES string of the molecule is O=C(CCc1nc(CSc2nc(-c3ccc(F)cc3)cs2)no1)Nc1ccc(F)cc1. The predicted octanol–water partition coefficient (Wildman–Crippen LogP) is 5.33. The first-order valence-corrected chi connectivity index (χ1v) is 11.1. The number of amides is 1. The number of aromatic nitrogens is 3. The third kappa shape index (κ3) is 5.96. The van der Waals surface area contributed by atoms with Gasteiger partial charge in [-0.15, -0.1) is 11.3 Å². The van der Waals surface area contributed by atoms with Gasteiger partial charge < -0.3 is 9.84 Å². The second kappa shape index (κ2) is 9.80. The minimum Gasteiger partial charge on any atom is -0.339 e. The third-order valence-corrected chi connectivity index (χ3v) is 6.17. The summed E-state index contributed by atoms with van der Waals surface area (Å²) in [7, 11) is 0. The van der Waals surface area contributed by atoms with Gasteiger partial charge in [-0.25, -0.2) is 13.8 Å². The molecule has 158 valence electrons. The zero-order valence-electron chi connectivity index (χ0n) is 16.0. The number of thioether (sulfide) groups is 1. The maximum absolute atomic E-state index is 13.0. The Balaban J connectivity index is 1.25. The van der Waals surface area contributed by atoms with Crippen LogP contribution in [0.15, 0.2) is 62.8 Å². The fourth-order valence-electron chi connectivity index (χ4n) is 2.63. The van der Waals surface area contributed by atoms with E-state index >= 15 is 0 Å². The van der Waals surface area contributed by atoms with Crippen LogP contribution in [0, 0.1) is 11.6 Å². The van der Waals surface area contributed by atoms with Crippen molar-refractivity contribution in [1.29, 1.82) is 0 Å². The average molecular weight is 459 g/mol. The summed E-state index contributed by atoms with van der Waals surface area (Å²) in [5.74, 6) is 0.486. The molecule has 4 aromatic rings. The van der Waals surface area contributed by atoms with Gasteiger partial charge in [0.2, 0.25) is 11.8 Å². The number of rotatable bonds is 8. The van der Waals surface area contributed by atoms with Gasteiger partial charge in [0.1, 0.15) is 11.6 Å². The molecule has 0 aliphatic heterocycles.